The van der Waals surface area contributed by atoms with E-state index in [4.69, 9.17) is 4.52 Å². The lowest BCUT2D eigenvalue weighted by Gasteiger charge is -2.46. The van der Waals surface area contributed by atoms with Crippen molar-refractivity contribution in [3.63, 3.8) is 0 Å². The van der Waals surface area contributed by atoms with Crippen LogP contribution in [0.15, 0.2) is 11.3 Å². The average molecular weight is 396 g/mol. The number of amides is 1. The van der Waals surface area contributed by atoms with Gasteiger partial charge in [0.15, 0.2) is 7.98 Å². The van der Waals surface area contributed by atoms with Crippen molar-refractivity contribution in [3.05, 3.63) is 11.3 Å². The van der Waals surface area contributed by atoms with Gasteiger partial charge in [0.1, 0.15) is 14.7 Å². The van der Waals surface area contributed by atoms with Crippen LogP contribution in [-0.2, 0) is 14.1 Å². The van der Waals surface area contributed by atoms with Gasteiger partial charge in [0, 0.05) is 31.6 Å². The molecule has 6 atom stereocenters. The molecular formula is C17H30BN4O4P. The summed E-state index contributed by atoms with van der Waals surface area (Å²) in [5.74, 6) is -1.04. The van der Waals surface area contributed by atoms with Crippen LogP contribution in [0.5, 0.6) is 0 Å². The number of nitrogens with zero attached hydrogens (tertiary/aromatic N) is 3. The monoisotopic (exact) mass is 396 g/mol. The minimum Gasteiger partial charge on any atom is -0.428 e. The largest absolute Gasteiger partial charge is 0.428 e. The maximum atomic E-state index is 12.7. The lowest BCUT2D eigenvalue weighted by molar-refractivity contribution is -0.162. The lowest BCUT2D eigenvalue weighted by atomic mass is 9.77. The summed E-state index contributed by atoms with van der Waals surface area (Å²) in [5.41, 5.74) is 1.35. The second kappa shape index (κ2) is 8.17. The number of likely N-dealkylation sites (tertiary alicyclic amines) is 1. The number of aliphatic hydroxyl groups excluding tert-OH is 1. The van der Waals surface area contributed by atoms with Crippen molar-refractivity contribution < 1.29 is 19.2 Å². The van der Waals surface area contributed by atoms with Crippen molar-refractivity contribution in [2.45, 2.75) is 38.5 Å². The summed E-state index contributed by atoms with van der Waals surface area (Å²) in [6, 6.07) is 0.354. The van der Waals surface area contributed by atoms with Crippen LogP contribution in [0, 0.1) is 11.8 Å². The summed E-state index contributed by atoms with van der Waals surface area (Å²) in [4.78, 5) is 34.3. The Morgan fingerprint density at radius 1 is 1.52 bits per heavy atom. The SMILES string of the molecule is BNPOC(=O)C1=C(CN2CC[C@H](N(C)C)C2)[C@H](C)[C@@H]2C([C@@H](C)O)C(=O)N12. The average Bonchev–Trinajstić information content (AvgIpc) is 3.16. The number of fused-ring (bicyclic) bond motifs is 1. The van der Waals surface area contributed by atoms with Crippen LogP contribution < -0.4 is 5.00 Å². The van der Waals surface area contributed by atoms with E-state index in [0.717, 1.165) is 25.1 Å². The van der Waals surface area contributed by atoms with Gasteiger partial charge in [-0.2, -0.15) is 0 Å². The van der Waals surface area contributed by atoms with Gasteiger partial charge in [0.2, 0.25) is 5.91 Å². The molecule has 2 saturated heterocycles. The fourth-order valence-corrected chi connectivity index (χ4v) is 4.90. The molecule has 0 bridgehead atoms. The number of β-lactam (4-membered cyclic amide) rings is 1. The summed E-state index contributed by atoms with van der Waals surface area (Å²) in [7, 11) is 5.74. The first-order valence-corrected chi connectivity index (χ1v) is 10.4. The Hall–Kier alpha value is -0.985. The van der Waals surface area contributed by atoms with Crippen LogP contribution in [0.4, 0.5) is 0 Å². The van der Waals surface area contributed by atoms with Gasteiger partial charge in [-0.1, -0.05) is 6.92 Å². The number of carbonyl (C=O) groups is 2. The number of hydrogen-bond acceptors (Lipinski definition) is 7. The molecule has 0 aromatic heterocycles. The molecule has 3 rings (SSSR count). The van der Waals surface area contributed by atoms with E-state index in [1.54, 1.807) is 19.8 Å². The summed E-state index contributed by atoms with van der Waals surface area (Å²) >= 11 is 0. The number of rotatable bonds is 7. The highest BCUT2D eigenvalue weighted by atomic mass is 31.1. The third-order valence-corrected chi connectivity index (χ3v) is 6.62. The minimum absolute atomic E-state index is 0.0289. The molecular weight excluding hydrogens is 366 g/mol. The first-order valence-electron chi connectivity index (χ1n) is 9.53. The number of likely N-dealkylation sites (N-methyl/N-ethyl adjacent to an activating group) is 1. The number of nitrogens with one attached hydrogen (secondary N) is 1. The van der Waals surface area contributed by atoms with Gasteiger partial charge < -0.3 is 24.4 Å². The molecule has 1 amide bonds. The zero-order valence-corrected chi connectivity index (χ0v) is 17.7. The summed E-state index contributed by atoms with van der Waals surface area (Å²) in [6.07, 6.45) is 0.375. The molecule has 27 heavy (non-hydrogen) atoms. The van der Waals surface area contributed by atoms with E-state index in [2.05, 4.69) is 35.8 Å². The molecule has 3 aliphatic heterocycles. The summed E-state index contributed by atoms with van der Waals surface area (Å²) < 4.78 is 5.31. The van der Waals surface area contributed by atoms with E-state index >= 15 is 0 Å². The van der Waals surface area contributed by atoms with Crippen molar-refractivity contribution in [1.29, 1.82) is 0 Å². The fourth-order valence-electron chi connectivity index (χ4n) is 4.61. The van der Waals surface area contributed by atoms with Crippen LogP contribution in [0.3, 0.4) is 0 Å². The number of carbonyl (C=O) groups excluding carboxylic acids is 2. The number of hydrogen-bond donors (Lipinski definition) is 2. The topological polar surface area (TPSA) is 85.4 Å². The van der Waals surface area contributed by atoms with Gasteiger partial charge in [-0.05, 0) is 33.0 Å². The van der Waals surface area contributed by atoms with Crippen molar-refractivity contribution in [3.8, 4) is 0 Å². The normalized spacial score (nSPS) is 32.5. The molecule has 150 valence electrons. The Morgan fingerprint density at radius 2 is 2.22 bits per heavy atom. The third-order valence-electron chi connectivity index (χ3n) is 6.13. The second-order valence-electron chi connectivity index (χ2n) is 8.01. The predicted molar refractivity (Wildman–Crippen MR) is 107 cm³/mol. The zero-order chi connectivity index (χ0) is 19.9. The van der Waals surface area contributed by atoms with Crippen molar-refractivity contribution in [1.82, 2.24) is 19.7 Å². The van der Waals surface area contributed by atoms with Gasteiger partial charge in [-0.3, -0.25) is 9.69 Å². The van der Waals surface area contributed by atoms with Gasteiger partial charge in [0.25, 0.3) is 0 Å². The predicted octanol–water partition coefficient (Wildman–Crippen LogP) is -1.08. The molecule has 10 heteroatoms. The highest BCUT2D eigenvalue weighted by Gasteiger charge is 2.60. The molecule has 0 aliphatic carbocycles. The summed E-state index contributed by atoms with van der Waals surface area (Å²) in [5, 5.41) is 10.0. The Labute approximate surface area is 163 Å². The molecule has 3 heterocycles. The Balaban J connectivity index is 1.84. The van der Waals surface area contributed by atoms with E-state index < -0.39 is 18.0 Å². The Bertz CT molecular complexity index is 644. The quantitative estimate of drug-likeness (QED) is 0.322. The van der Waals surface area contributed by atoms with Crippen molar-refractivity contribution in [2.24, 2.45) is 11.8 Å². The minimum atomic E-state index is -0.720. The highest BCUT2D eigenvalue weighted by Crippen LogP contribution is 2.48. The third kappa shape index (κ3) is 3.68. The number of aliphatic hydroxyl groups is 1. The highest BCUT2D eigenvalue weighted by molar-refractivity contribution is 7.32. The van der Waals surface area contributed by atoms with Gasteiger partial charge in [-0.25, -0.2) is 4.79 Å². The first-order chi connectivity index (χ1) is 12.8. The van der Waals surface area contributed by atoms with Crippen LogP contribution in [-0.4, -0.2) is 91.6 Å². The maximum absolute atomic E-state index is 12.7. The first kappa shape index (κ1) is 20.7. The molecule has 2 fully saturated rings. The molecule has 8 nitrogen and oxygen atoms in total. The van der Waals surface area contributed by atoms with Crippen molar-refractivity contribution >= 4 is 28.8 Å². The van der Waals surface area contributed by atoms with E-state index in [1.165, 1.54) is 0 Å². The molecule has 0 radical (unpaired) electrons. The maximum Gasteiger partial charge on any atom is 0.358 e. The van der Waals surface area contributed by atoms with E-state index in [-0.39, 0.29) is 26.8 Å². The van der Waals surface area contributed by atoms with Gasteiger partial charge in [0.05, 0.1) is 18.1 Å². The zero-order valence-electron chi connectivity index (χ0n) is 16.7. The smallest absolute Gasteiger partial charge is 0.358 e. The van der Waals surface area contributed by atoms with E-state index in [0.29, 0.717) is 18.3 Å². The molecule has 2 unspecified atom stereocenters. The van der Waals surface area contributed by atoms with Gasteiger partial charge >= 0.3 is 5.97 Å². The lowest BCUT2D eigenvalue weighted by Crippen LogP contribution is -2.63. The second-order valence-corrected chi connectivity index (χ2v) is 8.92. The van der Waals surface area contributed by atoms with Crippen LogP contribution in [0.2, 0.25) is 0 Å². The fraction of sp³-hybridized carbons (Fsp3) is 0.765. The summed E-state index contributed by atoms with van der Waals surface area (Å²) in [6.45, 7) is 6.27. The Kier molecular flexibility index (Phi) is 6.28. The molecule has 2 N–H and O–H groups in total. The van der Waals surface area contributed by atoms with E-state index in [9.17, 15) is 14.7 Å². The molecule has 0 spiro atoms. The standard InChI is InChI=1S/C17H30BN4O4P/c1-9-12(8-21-6-5-11(7-21)20(3)4)15(17(25)26-27-19-18)22-14(9)13(10(2)23)16(22)24/h9-11,13-14,19,23,27H,5-8,18H2,1-4H3/t9-,10+,11-,13?,14+/m0/s1. The van der Waals surface area contributed by atoms with Crippen LogP contribution in [0.25, 0.3) is 0 Å². The van der Waals surface area contributed by atoms with Crippen LogP contribution >= 0.6 is 8.96 Å². The molecule has 3 aliphatic rings. The molecule has 0 saturated carbocycles. The van der Waals surface area contributed by atoms with E-state index in [1.807, 2.05) is 0 Å². The molecule has 0 aromatic rings. The van der Waals surface area contributed by atoms with Gasteiger partial charge in [-0.15, -0.1) is 0 Å². The van der Waals surface area contributed by atoms with Crippen LogP contribution in [0.1, 0.15) is 20.3 Å². The molecule has 0 aromatic carbocycles. The van der Waals surface area contributed by atoms with Crippen molar-refractivity contribution in [2.75, 3.05) is 33.7 Å². The Morgan fingerprint density at radius 3 is 2.78 bits per heavy atom.